The maximum Gasteiger partial charge on any atom is 0.340 e. The fraction of sp³-hybridized carbons (Fsp3) is 0.226. The minimum atomic E-state index is -1.32. The monoisotopic (exact) mass is 498 g/mol. The number of hydrogen-bond donors (Lipinski definition) is 2. The number of hydrogen-bond acceptors (Lipinski definition) is 4. The van der Waals surface area contributed by atoms with Crippen molar-refractivity contribution in [2.24, 2.45) is 0 Å². The number of aliphatic carboxylic acids is 1. The molecule has 1 unspecified atom stereocenters. The standard InChI is InChI=1S/C31H30O6/c32-29(33)27-11-9-24(10-12-27)25-13-15-28(16-14-25)36-21-5-2-6-22-37-31(30(34)35)19-17-26(18-20-31)23-7-3-1-4-8-23/h1,3-4,7-19H,2,5-6,20-22H2,(H,32,33)(H,34,35). The van der Waals surface area contributed by atoms with Crippen molar-refractivity contribution in [1.82, 2.24) is 0 Å². The molecule has 6 heteroatoms. The van der Waals surface area contributed by atoms with Crippen LogP contribution in [-0.2, 0) is 9.53 Å². The van der Waals surface area contributed by atoms with Crippen molar-refractivity contribution in [2.45, 2.75) is 31.3 Å². The summed E-state index contributed by atoms with van der Waals surface area (Å²) in [5, 5.41) is 18.8. The van der Waals surface area contributed by atoms with Crippen LogP contribution in [0.3, 0.4) is 0 Å². The summed E-state index contributed by atoms with van der Waals surface area (Å²) in [5.74, 6) is -1.15. The van der Waals surface area contributed by atoms with Crippen molar-refractivity contribution in [3.63, 3.8) is 0 Å². The first-order valence-electron chi connectivity index (χ1n) is 12.4. The fourth-order valence-corrected chi connectivity index (χ4v) is 4.17. The van der Waals surface area contributed by atoms with Crippen LogP contribution in [0.1, 0.15) is 41.6 Å². The quantitative estimate of drug-likeness (QED) is 0.278. The molecule has 0 aromatic heterocycles. The molecule has 0 saturated carbocycles. The molecule has 0 radical (unpaired) electrons. The summed E-state index contributed by atoms with van der Waals surface area (Å²) in [5.41, 5.74) is 2.93. The van der Waals surface area contributed by atoms with E-state index in [4.69, 9.17) is 14.6 Å². The summed E-state index contributed by atoms with van der Waals surface area (Å²) in [7, 11) is 0. The van der Waals surface area contributed by atoms with Crippen molar-refractivity contribution < 1.29 is 29.3 Å². The van der Waals surface area contributed by atoms with Gasteiger partial charge in [0.25, 0.3) is 0 Å². The van der Waals surface area contributed by atoms with Gasteiger partial charge in [-0.25, -0.2) is 9.59 Å². The highest BCUT2D eigenvalue weighted by molar-refractivity contribution is 5.88. The molecule has 2 N–H and O–H groups in total. The Balaban J connectivity index is 1.17. The lowest BCUT2D eigenvalue weighted by molar-refractivity contribution is -0.159. The van der Waals surface area contributed by atoms with Gasteiger partial charge in [0.05, 0.1) is 12.2 Å². The van der Waals surface area contributed by atoms with Gasteiger partial charge < -0.3 is 19.7 Å². The maximum absolute atomic E-state index is 11.9. The molecule has 1 aliphatic rings. The van der Waals surface area contributed by atoms with E-state index in [0.29, 0.717) is 19.6 Å². The zero-order chi connectivity index (χ0) is 26.1. The molecule has 3 aromatic carbocycles. The third kappa shape index (κ3) is 6.74. The van der Waals surface area contributed by atoms with E-state index in [1.165, 1.54) is 0 Å². The molecule has 3 aromatic rings. The first kappa shape index (κ1) is 25.9. The van der Waals surface area contributed by atoms with Gasteiger partial charge in [-0.05, 0) is 71.9 Å². The highest BCUT2D eigenvalue weighted by Gasteiger charge is 2.37. The largest absolute Gasteiger partial charge is 0.494 e. The molecule has 190 valence electrons. The van der Waals surface area contributed by atoms with Crippen LogP contribution in [0.15, 0.2) is 97.1 Å². The Labute approximate surface area is 216 Å². The van der Waals surface area contributed by atoms with Gasteiger partial charge in [0.1, 0.15) is 5.75 Å². The van der Waals surface area contributed by atoms with Gasteiger partial charge in [-0.1, -0.05) is 66.7 Å². The zero-order valence-electron chi connectivity index (χ0n) is 20.5. The van der Waals surface area contributed by atoms with Gasteiger partial charge in [-0.15, -0.1) is 0 Å². The summed E-state index contributed by atoms with van der Waals surface area (Å²) in [6.07, 6.45) is 8.14. The van der Waals surface area contributed by atoms with Crippen LogP contribution in [0.25, 0.3) is 16.7 Å². The van der Waals surface area contributed by atoms with E-state index in [9.17, 15) is 14.7 Å². The van der Waals surface area contributed by atoms with Crippen LogP contribution in [0.4, 0.5) is 0 Å². The van der Waals surface area contributed by atoms with Gasteiger partial charge in [-0.2, -0.15) is 0 Å². The molecule has 37 heavy (non-hydrogen) atoms. The zero-order valence-corrected chi connectivity index (χ0v) is 20.5. The fourth-order valence-electron chi connectivity index (χ4n) is 4.17. The van der Waals surface area contributed by atoms with Gasteiger partial charge in [0.2, 0.25) is 0 Å². The van der Waals surface area contributed by atoms with E-state index in [1.54, 1.807) is 30.3 Å². The number of allylic oxidation sites excluding steroid dienone is 2. The number of carbonyl (C=O) groups is 2. The van der Waals surface area contributed by atoms with E-state index in [-0.39, 0.29) is 5.56 Å². The molecular weight excluding hydrogens is 468 g/mol. The molecule has 0 saturated heterocycles. The van der Waals surface area contributed by atoms with Gasteiger partial charge in [-0.3, -0.25) is 0 Å². The van der Waals surface area contributed by atoms with Crippen LogP contribution in [-0.4, -0.2) is 41.0 Å². The molecule has 0 aliphatic heterocycles. The molecule has 0 heterocycles. The number of aromatic carboxylic acids is 1. The molecule has 0 amide bonds. The molecule has 1 atom stereocenters. The van der Waals surface area contributed by atoms with Crippen molar-refractivity contribution in [2.75, 3.05) is 13.2 Å². The molecule has 0 spiro atoms. The molecule has 0 fully saturated rings. The average Bonchev–Trinajstić information content (AvgIpc) is 2.93. The Kier molecular flexibility index (Phi) is 8.54. The number of carboxylic acid groups (broad SMARTS) is 2. The average molecular weight is 499 g/mol. The molecule has 6 nitrogen and oxygen atoms in total. The minimum Gasteiger partial charge on any atom is -0.494 e. The first-order chi connectivity index (χ1) is 18.0. The Morgan fingerprint density at radius 3 is 2.00 bits per heavy atom. The lowest BCUT2D eigenvalue weighted by Gasteiger charge is -2.28. The third-order valence-electron chi connectivity index (χ3n) is 6.36. The lowest BCUT2D eigenvalue weighted by Crippen LogP contribution is -2.40. The van der Waals surface area contributed by atoms with Gasteiger partial charge >= 0.3 is 11.9 Å². The number of unbranched alkanes of at least 4 members (excludes halogenated alkanes) is 2. The van der Waals surface area contributed by atoms with E-state index in [0.717, 1.165) is 47.3 Å². The summed E-state index contributed by atoms with van der Waals surface area (Å²) >= 11 is 0. The van der Waals surface area contributed by atoms with Crippen LogP contribution < -0.4 is 4.74 Å². The number of benzene rings is 3. The van der Waals surface area contributed by atoms with Crippen LogP contribution in [0.5, 0.6) is 5.75 Å². The van der Waals surface area contributed by atoms with Crippen LogP contribution in [0, 0.1) is 0 Å². The summed E-state index contributed by atoms with van der Waals surface area (Å²) < 4.78 is 11.7. The highest BCUT2D eigenvalue weighted by Crippen LogP contribution is 2.30. The Hall–Kier alpha value is -4.16. The Morgan fingerprint density at radius 1 is 0.757 bits per heavy atom. The van der Waals surface area contributed by atoms with Crippen LogP contribution in [0.2, 0.25) is 0 Å². The van der Waals surface area contributed by atoms with Crippen LogP contribution >= 0.6 is 0 Å². The summed E-state index contributed by atoms with van der Waals surface area (Å²) in [4.78, 5) is 22.9. The van der Waals surface area contributed by atoms with Crippen molar-refractivity contribution >= 4 is 17.5 Å². The van der Waals surface area contributed by atoms with Gasteiger partial charge in [0.15, 0.2) is 5.60 Å². The topological polar surface area (TPSA) is 93.1 Å². The predicted octanol–water partition coefficient (Wildman–Crippen LogP) is 6.48. The molecule has 0 bridgehead atoms. The second-order valence-electron chi connectivity index (χ2n) is 8.92. The predicted molar refractivity (Wildman–Crippen MR) is 143 cm³/mol. The molecule has 1 aliphatic carbocycles. The van der Waals surface area contributed by atoms with Crippen molar-refractivity contribution in [1.29, 1.82) is 0 Å². The number of rotatable bonds is 12. The smallest absolute Gasteiger partial charge is 0.340 e. The molecule has 4 rings (SSSR count). The minimum absolute atomic E-state index is 0.261. The normalized spacial score (nSPS) is 16.7. The SMILES string of the molecule is O=C(O)c1ccc(-c2ccc(OCCCCCOC3(C(=O)O)C=CC(c4ccccc4)=CC3)cc2)cc1. The first-order valence-corrected chi connectivity index (χ1v) is 12.4. The van der Waals surface area contributed by atoms with E-state index in [1.807, 2.05) is 66.7 Å². The van der Waals surface area contributed by atoms with E-state index in [2.05, 4.69) is 0 Å². The third-order valence-corrected chi connectivity index (χ3v) is 6.36. The lowest BCUT2D eigenvalue weighted by atomic mass is 9.89. The highest BCUT2D eigenvalue weighted by atomic mass is 16.5. The van der Waals surface area contributed by atoms with Crippen molar-refractivity contribution in [3.8, 4) is 16.9 Å². The second kappa shape index (κ2) is 12.2. The Bertz CT molecular complexity index is 1260. The van der Waals surface area contributed by atoms with Gasteiger partial charge in [0, 0.05) is 13.0 Å². The number of carboxylic acids is 2. The maximum atomic E-state index is 11.9. The Morgan fingerprint density at radius 2 is 1.41 bits per heavy atom. The second-order valence-corrected chi connectivity index (χ2v) is 8.92. The summed E-state index contributed by atoms with van der Waals surface area (Å²) in [6.45, 7) is 0.917. The van der Waals surface area contributed by atoms with Crippen molar-refractivity contribution in [3.05, 3.63) is 108 Å². The van der Waals surface area contributed by atoms with E-state index < -0.39 is 17.5 Å². The van der Waals surface area contributed by atoms with E-state index >= 15 is 0 Å². The molecular formula is C31H30O6. The summed E-state index contributed by atoms with van der Waals surface area (Å²) in [6, 6.07) is 24.3. The number of ether oxygens (including phenoxy) is 2.